The van der Waals surface area contributed by atoms with E-state index in [4.69, 9.17) is 6.42 Å². The van der Waals surface area contributed by atoms with Crippen LogP contribution in [-0.2, 0) is 5.75 Å². The molecule has 0 aliphatic heterocycles. The average molecular weight is 234 g/mol. The van der Waals surface area contributed by atoms with Gasteiger partial charge in [-0.25, -0.2) is 0 Å². The topological polar surface area (TPSA) is 40.5 Å². The minimum Gasteiger partial charge on any atom is -0.423 e. The second kappa shape index (κ2) is 4.96. The van der Waals surface area contributed by atoms with Gasteiger partial charge in [0.15, 0.2) is 0 Å². The molecule has 0 radical (unpaired) electrons. The summed E-state index contributed by atoms with van der Waals surface area (Å²) in [6.07, 6.45) is 5.46. The summed E-state index contributed by atoms with van der Waals surface area (Å²) in [5, 5.41) is 18.8. The Balaban J connectivity index is 3.72. The molecule has 16 heavy (non-hydrogen) atoms. The Kier molecular flexibility index (Phi) is 4.09. The van der Waals surface area contributed by atoms with Crippen molar-refractivity contribution in [3.63, 3.8) is 0 Å². The lowest BCUT2D eigenvalue weighted by molar-refractivity contribution is 0.425. The van der Waals surface area contributed by atoms with Crippen LogP contribution in [0.3, 0.4) is 0 Å². The summed E-state index contributed by atoms with van der Waals surface area (Å²) in [4.78, 5) is 0. The van der Waals surface area contributed by atoms with Gasteiger partial charge >= 0.3 is 7.12 Å². The molecular formula is C12H15BO2S. The molecule has 0 aromatic heterocycles. The van der Waals surface area contributed by atoms with E-state index in [1.165, 1.54) is 0 Å². The molecule has 1 aromatic rings. The van der Waals surface area contributed by atoms with Gasteiger partial charge in [0, 0.05) is 11.3 Å². The highest BCUT2D eigenvalue weighted by Crippen LogP contribution is 2.21. The summed E-state index contributed by atoms with van der Waals surface area (Å²) in [6, 6.07) is 0. The third kappa shape index (κ3) is 1.99. The zero-order valence-corrected chi connectivity index (χ0v) is 10.6. The van der Waals surface area contributed by atoms with E-state index in [2.05, 4.69) is 18.5 Å². The van der Waals surface area contributed by atoms with Gasteiger partial charge in [-0.2, -0.15) is 12.6 Å². The SMILES string of the molecule is C#Cc1c(C)c(CS)c(C)c(B(O)O)c1C. The van der Waals surface area contributed by atoms with Crippen molar-refractivity contribution in [2.75, 3.05) is 0 Å². The highest BCUT2D eigenvalue weighted by molar-refractivity contribution is 7.79. The summed E-state index contributed by atoms with van der Waals surface area (Å²) in [5.41, 5.74) is 4.83. The molecule has 0 spiro atoms. The molecule has 0 aliphatic rings. The Hall–Kier alpha value is -0.885. The minimum atomic E-state index is -1.49. The second-order valence-corrected chi connectivity index (χ2v) is 4.13. The molecule has 0 fully saturated rings. The molecule has 0 aliphatic carbocycles. The largest absolute Gasteiger partial charge is 0.489 e. The number of hydrogen-bond donors (Lipinski definition) is 3. The number of thiol groups is 1. The first kappa shape index (κ1) is 13.2. The molecule has 0 saturated heterocycles. The van der Waals surface area contributed by atoms with E-state index in [0.29, 0.717) is 11.2 Å². The molecule has 2 N–H and O–H groups in total. The number of hydrogen-bond acceptors (Lipinski definition) is 3. The van der Waals surface area contributed by atoms with Gasteiger partial charge in [-0.05, 0) is 48.5 Å². The fourth-order valence-corrected chi connectivity index (χ4v) is 2.61. The fourth-order valence-electron chi connectivity index (χ4n) is 2.13. The first-order valence-corrected chi connectivity index (χ1v) is 5.65. The van der Waals surface area contributed by atoms with E-state index >= 15 is 0 Å². The van der Waals surface area contributed by atoms with Crippen LogP contribution in [-0.4, -0.2) is 17.2 Å². The van der Waals surface area contributed by atoms with Crippen molar-refractivity contribution in [1.29, 1.82) is 0 Å². The van der Waals surface area contributed by atoms with Gasteiger partial charge in [-0.1, -0.05) is 5.92 Å². The molecule has 4 heteroatoms. The van der Waals surface area contributed by atoms with Crippen molar-refractivity contribution in [3.8, 4) is 12.3 Å². The van der Waals surface area contributed by atoms with Crippen molar-refractivity contribution in [1.82, 2.24) is 0 Å². The van der Waals surface area contributed by atoms with Crippen LogP contribution >= 0.6 is 12.6 Å². The van der Waals surface area contributed by atoms with Gasteiger partial charge < -0.3 is 10.0 Å². The standard InChI is InChI=1S/C12H15BO2S/c1-5-10-7(2)11(6-16)9(4)12(8(10)3)13(14)15/h1,14-16H,6H2,2-4H3. The summed E-state index contributed by atoms with van der Waals surface area (Å²) in [5.74, 6) is 3.14. The van der Waals surface area contributed by atoms with Gasteiger partial charge in [0.1, 0.15) is 0 Å². The predicted octanol–water partition coefficient (Wildman–Crippen LogP) is 0.703. The highest BCUT2D eigenvalue weighted by Gasteiger charge is 2.22. The third-order valence-electron chi connectivity index (χ3n) is 3.02. The Morgan fingerprint density at radius 2 is 1.75 bits per heavy atom. The molecule has 2 nitrogen and oxygen atoms in total. The quantitative estimate of drug-likeness (QED) is 0.400. The Morgan fingerprint density at radius 1 is 1.19 bits per heavy atom. The van der Waals surface area contributed by atoms with E-state index in [9.17, 15) is 10.0 Å². The van der Waals surface area contributed by atoms with Crippen molar-refractivity contribution >= 4 is 25.2 Å². The van der Waals surface area contributed by atoms with Gasteiger partial charge in [-0.3, -0.25) is 0 Å². The van der Waals surface area contributed by atoms with E-state index in [-0.39, 0.29) is 0 Å². The van der Waals surface area contributed by atoms with Crippen LogP contribution in [0.25, 0.3) is 0 Å². The maximum atomic E-state index is 9.38. The normalized spacial score (nSPS) is 10.1. The fraction of sp³-hybridized carbons (Fsp3) is 0.333. The van der Waals surface area contributed by atoms with Crippen LogP contribution in [0.15, 0.2) is 0 Å². The maximum absolute atomic E-state index is 9.38. The lowest BCUT2D eigenvalue weighted by atomic mass is 9.71. The summed E-state index contributed by atoms with van der Waals surface area (Å²) < 4.78 is 0. The number of rotatable bonds is 2. The first-order valence-electron chi connectivity index (χ1n) is 5.01. The van der Waals surface area contributed by atoms with Gasteiger partial charge in [-0.15, -0.1) is 6.42 Å². The van der Waals surface area contributed by atoms with Crippen LogP contribution in [0.5, 0.6) is 0 Å². The number of terminal acetylenes is 1. The smallest absolute Gasteiger partial charge is 0.423 e. The molecular weight excluding hydrogens is 219 g/mol. The molecule has 0 atom stereocenters. The van der Waals surface area contributed by atoms with Gasteiger partial charge in [0.2, 0.25) is 0 Å². The van der Waals surface area contributed by atoms with Crippen molar-refractivity contribution in [3.05, 3.63) is 27.8 Å². The van der Waals surface area contributed by atoms with E-state index in [1.54, 1.807) is 0 Å². The van der Waals surface area contributed by atoms with Crippen molar-refractivity contribution in [2.24, 2.45) is 0 Å². The van der Waals surface area contributed by atoms with Gasteiger partial charge in [0.25, 0.3) is 0 Å². The predicted molar refractivity (Wildman–Crippen MR) is 71.1 cm³/mol. The van der Waals surface area contributed by atoms with Crippen LogP contribution in [0, 0.1) is 33.1 Å². The summed E-state index contributed by atoms with van der Waals surface area (Å²) in [7, 11) is -1.49. The first-order chi connectivity index (χ1) is 7.45. The Bertz CT molecular complexity index is 461. The molecule has 0 unspecified atom stereocenters. The van der Waals surface area contributed by atoms with Gasteiger partial charge in [0.05, 0.1) is 0 Å². The molecule has 0 amide bonds. The molecule has 1 aromatic carbocycles. The lowest BCUT2D eigenvalue weighted by Gasteiger charge is -2.18. The Labute approximate surface area is 102 Å². The molecule has 0 heterocycles. The van der Waals surface area contributed by atoms with Crippen LogP contribution in [0.2, 0.25) is 0 Å². The monoisotopic (exact) mass is 234 g/mol. The molecule has 0 bridgehead atoms. The Morgan fingerprint density at radius 3 is 2.12 bits per heavy atom. The van der Waals surface area contributed by atoms with Crippen LogP contribution < -0.4 is 5.46 Å². The highest BCUT2D eigenvalue weighted by atomic mass is 32.1. The molecule has 1 rings (SSSR count). The van der Waals surface area contributed by atoms with Crippen LogP contribution in [0.1, 0.15) is 27.8 Å². The van der Waals surface area contributed by atoms with Crippen LogP contribution in [0.4, 0.5) is 0 Å². The second-order valence-electron chi connectivity index (χ2n) is 3.82. The zero-order valence-electron chi connectivity index (χ0n) is 9.70. The lowest BCUT2D eigenvalue weighted by Crippen LogP contribution is -2.36. The maximum Gasteiger partial charge on any atom is 0.489 e. The van der Waals surface area contributed by atoms with Crippen molar-refractivity contribution < 1.29 is 10.0 Å². The zero-order chi connectivity index (χ0) is 12.5. The van der Waals surface area contributed by atoms with E-state index in [1.807, 2.05) is 20.8 Å². The number of benzene rings is 1. The third-order valence-corrected chi connectivity index (χ3v) is 3.34. The summed E-state index contributed by atoms with van der Waals surface area (Å²) in [6.45, 7) is 5.61. The summed E-state index contributed by atoms with van der Waals surface area (Å²) >= 11 is 4.25. The average Bonchev–Trinajstić information content (AvgIpc) is 2.18. The van der Waals surface area contributed by atoms with E-state index < -0.39 is 7.12 Å². The van der Waals surface area contributed by atoms with E-state index in [0.717, 1.165) is 27.8 Å². The molecule has 84 valence electrons. The molecule has 0 saturated carbocycles. The van der Waals surface area contributed by atoms with Crippen molar-refractivity contribution in [2.45, 2.75) is 26.5 Å². The minimum absolute atomic E-state index is 0.502.